The standard InChI is InChI=1S/C20H30FNO4Si/c1-14-17(26-18(10-12-23)19(14)27(2,3)21)9-6-15-4-7-16(8-5-15)22-11-13-25-20(22)24/h4-5,7-8,14,17-19,23H,6,9-13H2,1-3H3/t14-,17+,18-,19+/m1/s1. The van der Waals surface area contributed by atoms with Crippen molar-refractivity contribution in [3.8, 4) is 0 Å². The van der Waals surface area contributed by atoms with Crippen molar-refractivity contribution < 1.29 is 23.5 Å². The van der Waals surface area contributed by atoms with Gasteiger partial charge in [0, 0.05) is 17.8 Å². The molecule has 2 heterocycles. The second-order valence-electron chi connectivity index (χ2n) is 8.15. The molecule has 7 heteroatoms. The van der Waals surface area contributed by atoms with Gasteiger partial charge >= 0.3 is 6.09 Å². The van der Waals surface area contributed by atoms with Gasteiger partial charge in [-0.25, -0.2) is 4.79 Å². The Balaban J connectivity index is 1.60. The molecule has 0 bridgehead atoms. The van der Waals surface area contributed by atoms with Crippen LogP contribution in [0.3, 0.4) is 0 Å². The van der Waals surface area contributed by atoms with Crippen molar-refractivity contribution in [1.82, 2.24) is 0 Å². The van der Waals surface area contributed by atoms with E-state index >= 15 is 0 Å². The van der Waals surface area contributed by atoms with E-state index < -0.39 is 8.41 Å². The van der Waals surface area contributed by atoms with E-state index in [0.717, 1.165) is 18.5 Å². The van der Waals surface area contributed by atoms with Crippen LogP contribution in [-0.2, 0) is 15.9 Å². The van der Waals surface area contributed by atoms with Crippen LogP contribution in [0.15, 0.2) is 24.3 Å². The number of aliphatic hydroxyl groups is 1. The quantitative estimate of drug-likeness (QED) is 0.562. The maximum Gasteiger partial charge on any atom is 0.414 e. The molecule has 0 aliphatic carbocycles. The van der Waals surface area contributed by atoms with E-state index in [-0.39, 0.29) is 36.4 Å². The Kier molecular flexibility index (Phi) is 6.23. The van der Waals surface area contributed by atoms with Crippen molar-refractivity contribution in [1.29, 1.82) is 0 Å². The van der Waals surface area contributed by atoms with Crippen LogP contribution in [0.2, 0.25) is 18.6 Å². The predicted molar refractivity (Wildman–Crippen MR) is 105 cm³/mol. The molecule has 5 nitrogen and oxygen atoms in total. The lowest BCUT2D eigenvalue weighted by atomic mass is 9.95. The monoisotopic (exact) mass is 395 g/mol. The first-order valence-corrected chi connectivity index (χ1v) is 12.7. The number of halogens is 1. The van der Waals surface area contributed by atoms with Crippen LogP contribution in [0.25, 0.3) is 0 Å². The van der Waals surface area contributed by atoms with Crippen LogP contribution in [0, 0.1) is 5.92 Å². The number of cyclic esters (lactones) is 1. The molecule has 2 saturated heterocycles. The first-order valence-electron chi connectivity index (χ1n) is 9.79. The van der Waals surface area contributed by atoms with Crippen LogP contribution in [0.1, 0.15) is 25.3 Å². The normalized spacial score (nSPS) is 28.6. The van der Waals surface area contributed by atoms with Crippen molar-refractivity contribution in [2.24, 2.45) is 5.92 Å². The molecule has 0 saturated carbocycles. The molecule has 150 valence electrons. The van der Waals surface area contributed by atoms with Gasteiger partial charge in [-0.2, -0.15) is 0 Å². The molecule has 0 aromatic heterocycles. The van der Waals surface area contributed by atoms with E-state index in [4.69, 9.17) is 9.47 Å². The third-order valence-corrected chi connectivity index (χ3v) is 8.32. The number of aliphatic hydroxyl groups excluding tert-OH is 1. The fourth-order valence-corrected chi connectivity index (χ4v) is 7.15. The van der Waals surface area contributed by atoms with E-state index in [9.17, 15) is 14.0 Å². The lowest BCUT2D eigenvalue weighted by Gasteiger charge is -2.28. The molecule has 0 spiro atoms. The minimum atomic E-state index is -2.85. The number of aryl methyl sites for hydroxylation is 1. The summed E-state index contributed by atoms with van der Waals surface area (Å²) in [4.78, 5) is 13.3. The number of nitrogens with zero attached hydrogens (tertiary/aromatic N) is 1. The SMILES string of the molecule is C[C@H]1[C@H]([Si](C)(C)F)[C@@H](CCO)O[C@H]1CCc1ccc(N2CCOC2=O)cc1. The number of hydrogen-bond acceptors (Lipinski definition) is 4. The minimum Gasteiger partial charge on any atom is -0.447 e. The first-order chi connectivity index (χ1) is 12.8. The average Bonchev–Trinajstić information content (AvgIpc) is 3.17. The van der Waals surface area contributed by atoms with Crippen LogP contribution in [0.5, 0.6) is 0 Å². The van der Waals surface area contributed by atoms with E-state index in [0.29, 0.717) is 19.6 Å². The number of ether oxygens (including phenoxy) is 2. The molecule has 1 amide bonds. The van der Waals surface area contributed by atoms with Crippen molar-refractivity contribution in [2.45, 2.75) is 57.0 Å². The van der Waals surface area contributed by atoms with Gasteiger partial charge in [0.1, 0.15) is 6.61 Å². The molecule has 2 fully saturated rings. The highest BCUT2D eigenvalue weighted by molar-refractivity contribution is 6.72. The summed E-state index contributed by atoms with van der Waals surface area (Å²) >= 11 is 0. The van der Waals surface area contributed by atoms with Crippen molar-refractivity contribution in [2.75, 3.05) is 24.7 Å². The number of benzene rings is 1. The third kappa shape index (κ3) is 4.52. The van der Waals surface area contributed by atoms with Crippen LogP contribution in [0.4, 0.5) is 14.6 Å². The fraction of sp³-hybridized carbons (Fsp3) is 0.650. The second-order valence-corrected chi connectivity index (χ2v) is 11.9. The zero-order valence-electron chi connectivity index (χ0n) is 16.4. The number of carbonyl (C=O) groups is 1. The third-order valence-electron chi connectivity index (χ3n) is 5.84. The van der Waals surface area contributed by atoms with Gasteiger partial charge in [0.05, 0.1) is 18.8 Å². The molecular formula is C20H30FNO4Si. The maximum absolute atomic E-state index is 14.8. The zero-order chi connectivity index (χ0) is 19.6. The Morgan fingerprint density at radius 3 is 2.48 bits per heavy atom. The summed E-state index contributed by atoms with van der Waals surface area (Å²) < 4.78 is 25.9. The highest BCUT2D eigenvalue weighted by Crippen LogP contribution is 2.46. The van der Waals surface area contributed by atoms with Gasteiger partial charge in [-0.1, -0.05) is 19.1 Å². The second kappa shape index (κ2) is 8.28. The Bertz CT molecular complexity index is 648. The summed E-state index contributed by atoms with van der Waals surface area (Å²) in [7, 11) is -2.85. The van der Waals surface area contributed by atoms with Crippen LogP contribution in [-0.4, -0.2) is 51.6 Å². The summed E-state index contributed by atoms with van der Waals surface area (Å²) in [5.41, 5.74) is 1.94. The predicted octanol–water partition coefficient (Wildman–Crippen LogP) is 3.91. The highest BCUT2D eigenvalue weighted by atomic mass is 28.4. The molecule has 27 heavy (non-hydrogen) atoms. The number of amides is 1. The van der Waals surface area contributed by atoms with Gasteiger partial charge in [-0.05, 0) is 56.0 Å². The van der Waals surface area contributed by atoms with E-state index in [1.165, 1.54) is 5.56 Å². The molecule has 0 radical (unpaired) electrons. The topological polar surface area (TPSA) is 59.0 Å². The molecule has 3 rings (SSSR count). The number of carbonyl (C=O) groups excluding carboxylic acids is 1. The van der Waals surface area contributed by atoms with Gasteiger partial charge in [0.15, 0.2) is 0 Å². The number of rotatable bonds is 7. The Hall–Kier alpha value is -1.44. The summed E-state index contributed by atoms with van der Waals surface area (Å²) in [5, 5.41) is 9.30. The van der Waals surface area contributed by atoms with Crippen LogP contribution >= 0.6 is 0 Å². The lowest BCUT2D eigenvalue weighted by molar-refractivity contribution is 0.0193. The fourth-order valence-electron chi connectivity index (χ4n) is 4.56. The average molecular weight is 396 g/mol. The maximum atomic E-state index is 14.8. The van der Waals surface area contributed by atoms with E-state index in [2.05, 4.69) is 6.92 Å². The summed E-state index contributed by atoms with van der Waals surface area (Å²) in [5.74, 6) is 0.159. The van der Waals surface area contributed by atoms with Gasteiger partial charge in [0.2, 0.25) is 8.41 Å². The Morgan fingerprint density at radius 2 is 1.93 bits per heavy atom. The molecule has 1 aromatic rings. The molecular weight excluding hydrogens is 365 g/mol. The van der Waals surface area contributed by atoms with E-state index in [1.807, 2.05) is 24.3 Å². The number of anilines is 1. The number of hydrogen-bond donors (Lipinski definition) is 1. The molecule has 0 unspecified atom stereocenters. The lowest BCUT2D eigenvalue weighted by Crippen LogP contribution is -2.36. The zero-order valence-corrected chi connectivity index (χ0v) is 17.4. The molecule has 4 atom stereocenters. The highest BCUT2D eigenvalue weighted by Gasteiger charge is 2.50. The summed E-state index contributed by atoms with van der Waals surface area (Å²) in [6.45, 7) is 6.62. The van der Waals surface area contributed by atoms with Gasteiger partial charge in [-0.15, -0.1) is 0 Å². The van der Waals surface area contributed by atoms with Crippen molar-refractivity contribution in [3.05, 3.63) is 29.8 Å². The molecule has 2 aliphatic rings. The van der Waals surface area contributed by atoms with Crippen molar-refractivity contribution >= 4 is 20.2 Å². The summed E-state index contributed by atoms with van der Waals surface area (Å²) in [6.07, 6.45) is 1.72. The molecule has 1 aromatic carbocycles. The smallest absolute Gasteiger partial charge is 0.414 e. The van der Waals surface area contributed by atoms with Gasteiger partial charge in [0.25, 0.3) is 0 Å². The Morgan fingerprint density at radius 1 is 1.22 bits per heavy atom. The molecule has 2 aliphatic heterocycles. The largest absolute Gasteiger partial charge is 0.447 e. The van der Waals surface area contributed by atoms with Crippen molar-refractivity contribution in [3.63, 3.8) is 0 Å². The van der Waals surface area contributed by atoms with E-state index in [1.54, 1.807) is 18.0 Å². The minimum absolute atomic E-state index is 0.0160. The van der Waals surface area contributed by atoms with Gasteiger partial charge in [-0.3, -0.25) is 4.90 Å². The summed E-state index contributed by atoms with van der Waals surface area (Å²) in [6, 6.07) is 7.93. The Labute approximate surface area is 161 Å². The van der Waals surface area contributed by atoms with Crippen LogP contribution < -0.4 is 4.90 Å². The molecule has 1 N–H and O–H groups in total. The first kappa shape index (κ1) is 20.3. The van der Waals surface area contributed by atoms with Gasteiger partial charge < -0.3 is 18.7 Å².